The fraction of sp³-hybridized carbons (Fsp3) is 0.286. The Hall–Kier alpha value is -3.22. The minimum Gasteiger partial charge on any atom is -0.397 e. The van der Waals surface area contributed by atoms with Crippen molar-refractivity contribution >= 4 is 43.7 Å². The molecule has 1 aliphatic heterocycles. The van der Waals surface area contributed by atoms with Crippen LogP contribution in [0.5, 0.6) is 0 Å². The molecule has 12 heteroatoms. The second-order valence-corrected chi connectivity index (χ2v) is 10.6. The smallest absolute Gasteiger partial charge is 0.253 e. The molecule has 1 unspecified atom stereocenters. The number of thiophene rings is 1. The first-order chi connectivity index (χ1) is 15.7. The summed E-state index contributed by atoms with van der Waals surface area (Å²) in [5.41, 5.74) is 12.6. The van der Waals surface area contributed by atoms with E-state index >= 15 is 0 Å². The number of nitrogens with zero attached hydrogens (tertiary/aromatic N) is 2. The molecule has 1 amide bonds. The van der Waals surface area contributed by atoms with Crippen LogP contribution in [0.1, 0.15) is 39.1 Å². The van der Waals surface area contributed by atoms with Crippen molar-refractivity contribution in [2.45, 2.75) is 19.4 Å². The zero-order valence-corrected chi connectivity index (χ0v) is 19.4. The van der Waals surface area contributed by atoms with E-state index in [0.29, 0.717) is 25.2 Å². The number of amides is 1. The van der Waals surface area contributed by atoms with Crippen LogP contribution in [-0.2, 0) is 10.0 Å². The zero-order valence-electron chi connectivity index (χ0n) is 17.8. The number of nitrogens with two attached hydrogens (primary N) is 2. The molecule has 174 valence electrons. The molecule has 0 saturated carbocycles. The van der Waals surface area contributed by atoms with Crippen molar-refractivity contribution in [3.63, 3.8) is 0 Å². The Bertz CT molecular complexity index is 1290. The highest BCUT2D eigenvalue weighted by Gasteiger charge is 2.38. The minimum absolute atomic E-state index is 0.0307. The van der Waals surface area contributed by atoms with Crippen LogP contribution in [0, 0.1) is 0 Å². The van der Waals surface area contributed by atoms with Crippen LogP contribution in [-0.4, -0.2) is 50.1 Å². The Morgan fingerprint density at radius 3 is 2.64 bits per heavy atom. The van der Waals surface area contributed by atoms with Gasteiger partial charge in [-0.2, -0.15) is 0 Å². The average Bonchev–Trinajstić information content (AvgIpc) is 3.55. The Morgan fingerprint density at radius 1 is 1.30 bits per heavy atom. The highest BCUT2D eigenvalue weighted by Crippen LogP contribution is 2.42. The number of benzene rings is 1. The maximum atomic E-state index is 13.2. The molecule has 10 nitrogen and oxygen atoms in total. The molecule has 1 atom stereocenters. The van der Waals surface area contributed by atoms with E-state index in [4.69, 9.17) is 16.0 Å². The maximum absolute atomic E-state index is 13.2. The van der Waals surface area contributed by atoms with Crippen LogP contribution in [0.3, 0.4) is 0 Å². The SMILES string of the molecule is CCS(=O)(=O)N(c1sc(C(=O)c2cc(-c3ccccc3)no2)c(N)c1C(N)=O)C1CCNC1. The van der Waals surface area contributed by atoms with Gasteiger partial charge in [-0.05, 0) is 19.9 Å². The van der Waals surface area contributed by atoms with Crippen molar-refractivity contribution in [2.75, 3.05) is 28.9 Å². The predicted octanol–water partition coefficient (Wildman–Crippen LogP) is 1.83. The molecule has 0 bridgehead atoms. The molecule has 1 saturated heterocycles. The van der Waals surface area contributed by atoms with Crippen molar-refractivity contribution < 1.29 is 22.5 Å². The number of aromatic nitrogens is 1. The van der Waals surface area contributed by atoms with Crippen molar-refractivity contribution in [1.82, 2.24) is 10.5 Å². The Labute approximate surface area is 194 Å². The molecule has 2 aromatic heterocycles. The summed E-state index contributed by atoms with van der Waals surface area (Å²) in [6, 6.07) is 10.2. The lowest BCUT2D eigenvalue weighted by Crippen LogP contribution is -2.43. The van der Waals surface area contributed by atoms with Gasteiger partial charge in [0.15, 0.2) is 0 Å². The first-order valence-electron chi connectivity index (χ1n) is 10.3. The van der Waals surface area contributed by atoms with Gasteiger partial charge in [0.2, 0.25) is 21.6 Å². The Morgan fingerprint density at radius 2 is 2.03 bits per heavy atom. The van der Waals surface area contributed by atoms with Crippen molar-refractivity contribution in [3.05, 3.63) is 52.6 Å². The summed E-state index contributed by atoms with van der Waals surface area (Å²) in [6.07, 6.45) is 0.543. The lowest BCUT2D eigenvalue weighted by molar-refractivity contribution is 0.1000. The van der Waals surface area contributed by atoms with E-state index < -0.39 is 27.8 Å². The van der Waals surface area contributed by atoms with Crippen LogP contribution < -0.4 is 21.1 Å². The highest BCUT2D eigenvalue weighted by atomic mass is 32.2. The van der Waals surface area contributed by atoms with Gasteiger partial charge in [0, 0.05) is 18.2 Å². The van der Waals surface area contributed by atoms with Crippen molar-refractivity contribution in [2.24, 2.45) is 5.73 Å². The van der Waals surface area contributed by atoms with E-state index in [-0.39, 0.29) is 32.6 Å². The van der Waals surface area contributed by atoms with Crippen molar-refractivity contribution in [1.29, 1.82) is 0 Å². The number of rotatable bonds is 8. The molecule has 1 fully saturated rings. The topological polar surface area (TPSA) is 162 Å². The van der Waals surface area contributed by atoms with E-state index in [1.165, 1.54) is 17.3 Å². The average molecular weight is 490 g/mol. The molecule has 3 heterocycles. The number of sulfonamides is 1. The summed E-state index contributed by atoms with van der Waals surface area (Å²) in [4.78, 5) is 25.5. The summed E-state index contributed by atoms with van der Waals surface area (Å²) in [6.45, 7) is 2.54. The highest BCUT2D eigenvalue weighted by molar-refractivity contribution is 7.93. The Balaban J connectivity index is 1.79. The third kappa shape index (κ3) is 4.24. The normalized spacial score (nSPS) is 16.1. The van der Waals surface area contributed by atoms with Crippen LogP contribution in [0.4, 0.5) is 10.7 Å². The number of hydrogen-bond acceptors (Lipinski definition) is 9. The van der Waals surface area contributed by atoms with Gasteiger partial charge in [-0.25, -0.2) is 8.42 Å². The number of nitrogens with one attached hydrogen (secondary N) is 1. The van der Waals surface area contributed by atoms with Crippen LogP contribution in [0.2, 0.25) is 0 Å². The number of hydrogen-bond donors (Lipinski definition) is 3. The van der Waals surface area contributed by atoms with E-state index in [9.17, 15) is 18.0 Å². The summed E-state index contributed by atoms with van der Waals surface area (Å²) >= 11 is 0.815. The lowest BCUT2D eigenvalue weighted by atomic mass is 10.1. The molecule has 1 aromatic carbocycles. The van der Waals surface area contributed by atoms with Gasteiger partial charge in [0.05, 0.1) is 23.0 Å². The summed E-state index contributed by atoms with van der Waals surface area (Å²) in [5.74, 6) is -1.80. The van der Waals surface area contributed by atoms with E-state index in [1.54, 1.807) is 0 Å². The van der Waals surface area contributed by atoms with Gasteiger partial charge in [-0.15, -0.1) is 11.3 Å². The monoisotopic (exact) mass is 489 g/mol. The third-order valence-electron chi connectivity index (χ3n) is 5.41. The molecule has 0 aliphatic carbocycles. The molecule has 5 N–H and O–H groups in total. The maximum Gasteiger partial charge on any atom is 0.253 e. The number of ketones is 1. The third-order valence-corrected chi connectivity index (χ3v) is 8.54. The van der Waals surface area contributed by atoms with E-state index in [2.05, 4.69) is 10.5 Å². The summed E-state index contributed by atoms with van der Waals surface area (Å²) in [7, 11) is -3.79. The van der Waals surface area contributed by atoms with E-state index in [1.807, 2.05) is 30.3 Å². The fourth-order valence-electron chi connectivity index (χ4n) is 3.73. The van der Waals surface area contributed by atoms with Gasteiger partial charge in [0.1, 0.15) is 15.6 Å². The van der Waals surface area contributed by atoms with Crippen LogP contribution in [0.25, 0.3) is 11.3 Å². The molecule has 33 heavy (non-hydrogen) atoms. The first-order valence-corrected chi connectivity index (χ1v) is 12.7. The zero-order chi connectivity index (χ0) is 23.8. The molecular weight excluding hydrogens is 466 g/mol. The van der Waals surface area contributed by atoms with Gasteiger partial charge < -0.3 is 21.3 Å². The van der Waals surface area contributed by atoms with Crippen molar-refractivity contribution in [3.8, 4) is 11.3 Å². The largest absolute Gasteiger partial charge is 0.397 e. The number of primary amides is 1. The molecule has 1 aliphatic rings. The molecular formula is C21H23N5O5S2. The minimum atomic E-state index is -3.79. The number of carbonyl (C=O) groups is 2. The standard InChI is InChI=1S/C21H23N5O5S2/c1-2-33(29,30)26(13-8-9-24-11-13)21-16(20(23)28)17(22)19(32-21)18(27)15-10-14(25-31-15)12-6-4-3-5-7-12/h3-7,10,13,24H,2,8-9,11,22H2,1H3,(H2,23,28). The molecule has 3 aromatic rings. The van der Waals surface area contributed by atoms with Crippen LogP contribution in [0.15, 0.2) is 40.9 Å². The summed E-state index contributed by atoms with van der Waals surface area (Å²) < 4.78 is 32.4. The van der Waals surface area contributed by atoms with Gasteiger partial charge in [-0.3, -0.25) is 13.9 Å². The second-order valence-electron chi connectivity index (χ2n) is 7.50. The van der Waals surface area contributed by atoms with Gasteiger partial charge in [0.25, 0.3) is 5.91 Å². The van der Waals surface area contributed by atoms with Gasteiger partial charge in [-0.1, -0.05) is 35.5 Å². The van der Waals surface area contributed by atoms with E-state index in [0.717, 1.165) is 16.9 Å². The number of carbonyl (C=O) groups excluding carboxylic acids is 2. The second kappa shape index (κ2) is 8.96. The lowest BCUT2D eigenvalue weighted by Gasteiger charge is -2.28. The van der Waals surface area contributed by atoms with Crippen LogP contribution >= 0.6 is 11.3 Å². The summed E-state index contributed by atoms with van der Waals surface area (Å²) in [5, 5.41) is 7.10. The number of anilines is 2. The van der Waals surface area contributed by atoms with Gasteiger partial charge >= 0.3 is 0 Å². The molecule has 0 spiro atoms. The number of nitrogen functional groups attached to an aromatic ring is 1. The quantitative estimate of drug-likeness (QED) is 0.404. The molecule has 4 rings (SSSR count). The molecule has 0 radical (unpaired) electrons. The Kier molecular flexibility index (Phi) is 6.23. The first kappa shape index (κ1) is 23.0. The predicted molar refractivity (Wildman–Crippen MR) is 126 cm³/mol. The fourth-order valence-corrected chi connectivity index (χ4v) is 6.59.